The fourth-order valence-corrected chi connectivity index (χ4v) is 2.63. The van der Waals surface area contributed by atoms with E-state index < -0.39 is 0 Å². The van der Waals surface area contributed by atoms with Crippen molar-refractivity contribution >= 4 is 29.9 Å². The zero-order valence-corrected chi connectivity index (χ0v) is 19.8. The Morgan fingerprint density at radius 1 is 0.966 bits per heavy atom. The van der Waals surface area contributed by atoms with E-state index in [4.69, 9.17) is 14.2 Å². The first kappa shape index (κ1) is 25.0. The van der Waals surface area contributed by atoms with Crippen LogP contribution in [0.5, 0.6) is 11.5 Å². The third-order valence-corrected chi connectivity index (χ3v) is 4.13. The first-order chi connectivity index (χ1) is 13.8. The monoisotopic (exact) mass is 513 g/mol. The third kappa shape index (κ3) is 9.36. The van der Waals surface area contributed by atoms with Crippen LogP contribution in [0.25, 0.3) is 0 Å². The Balaban J connectivity index is 0.00000420. The number of halogens is 1. The number of nitrogens with one attached hydrogen (secondary N) is 2. The van der Waals surface area contributed by atoms with E-state index in [0.29, 0.717) is 19.8 Å². The van der Waals surface area contributed by atoms with Gasteiger partial charge in [-0.1, -0.05) is 30.3 Å². The molecule has 0 fully saturated rings. The molecule has 0 atom stereocenters. The van der Waals surface area contributed by atoms with Gasteiger partial charge in [-0.15, -0.1) is 24.0 Å². The summed E-state index contributed by atoms with van der Waals surface area (Å²) in [6, 6.07) is 15.9. The Bertz CT molecular complexity index is 723. The number of guanidine groups is 1. The first-order valence-electron chi connectivity index (χ1n) is 9.61. The quantitative estimate of drug-likeness (QED) is 0.206. The van der Waals surface area contributed by atoms with Gasteiger partial charge in [0.25, 0.3) is 0 Å². The van der Waals surface area contributed by atoms with E-state index in [0.717, 1.165) is 48.1 Å². The van der Waals surface area contributed by atoms with E-state index in [9.17, 15) is 0 Å². The minimum atomic E-state index is 0. The number of benzene rings is 2. The highest BCUT2D eigenvalue weighted by atomic mass is 127. The predicted octanol–water partition coefficient (Wildman–Crippen LogP) is 3.98. The minimum Gasteiger partial charge on any atom is -0.497 e. The van der Waals surface area contributed by atoms with Crippen molar-refractivity contribution in [3.63, 3.8) is 0 Å². The summed E-state index contributed by atoms with van der Waals surface area (Å²) in [5.74, 6) is 2.51. The van der Waals surface area contributed by atoms with Crippen LogP contribution in [-0.2, 0) is 17.9 Å². The smallest absolute Gasteiger partial charge is 0.191 e. The molecule has 0 aromatic heterocycles. The molecule has 0 saturated carbocycles. The number of hydrogen-bond donors (Lipinski definition) is 2. The minimum absolute atomic E-state index is 0. The Morgan fingerprint density at radius 3 is 2.41 bits per heavy atom. The van der Waals surface area contributed by atoms with Crippen LogP contribution in [-0.4, -0.2) is 39.9 Å². The molecule has 0 aliphatic heterocycles. The van der Waals surface area contributed by atoms with Gasteiger partial charge in [0.2, 0.25) is 0 Å². The molecule has 2 aromatic rings. The second kappa shape index (κ2) is 14.9. The van der Waals surface area contributed by atoms with Crippen LogP contribution in [0, 0.1) is 0 Å². The van der Waals surface area contributed by atoms with Gasteiger partial charge in [-0.3, -0.25) is 0 Å². The molecule has 0 spiro atoms. The third-order valence-electron chi connectivity index (χ3n) is 4.13. The molecule has 29 heavy (non-hydrogen) atoms. The average molecular weight is 513 g/mol. The fraction of sp³-hybridized carbons (Fsp3) is 0.409. The van der Waals surface area contributed by atoms with Gasteiger partial charge in [0.05, 0.1) is 27.4 Å². The number of methoxy groups -OCH3 is 2. The van der Waals surface area contributed by atoms with Gasteiger partial charge < -0.3 is 24.8 Å². The maximum absolute atomic E-state index is 5.74. The number of aliphatic imine (C=N–C) groups is 1. The van der Waals surface area contributed by atoms with E-state index in [-0.39, 0.29) is 24.0 Å². The fourth-order valence-electron chi connectivity index (χ4n) is 2.63. The van der Waals surface area contributed by atoms with Crippen molar-refractivity contribution in [1.29, 1.82) is 0 Å². The summed E-state index contributed by atoms with van der Waals surface area (Å²) in [4.78, 5) is 4.64. The van der Waals surface area contributed by atoms with Gasteiger partial charge in [-0.2, -0.15) is 0 Å². The van der Waals surface area contributed by atoms with Gasteiger partial charge in [0, 0.05) is 25.3 Å². The lowest BCUT2D eigenvalue weighted by atomic mass is 10.2. The zero-order chi connectivity index (χ0) is 20.0. The highest BCUT2D eigenvalue weighted by Gasteiger charge is 2.02. The Morgan fingerprint density at radius 2 is 1.72 bits per heavy atom. The lowest BCUT2D eigenvalue weighted by molar-refractivity contribution is 0.119. The Hall–Kier alpha value is -2.00. The normalized spacial score (nSPS) is 10.8. The molecule has 0 aliphatic rings. The lowest BCUT2D eigenvalue weighted by Gasteiger charge is -2.12. The molecule has 0 bridgehead atoms. The number of hydrogen-bond acceptors (Lipinski definition) is 4. The lowest BCUT2D eigenvalue weighted by Crippen LogP contribution is -2.38. The molecule has 0 amide bonds. The zero-order valence-electron chi connectivity index (χ0n) is 17.4. The highest BCUT2D eigenvalue weighted by molar-refractivity contribution is 14.0. The van der Waals surface area contributed by atoms with Crippen molar-refractivity contribution in [2.24, 2.45) is 4.99 Å². The molecule has 2 N–H and O–H groups in total. The summed E-state index contributed by atoms with van der Waals surface area (Å²) in [5, 5.41) is 6.61. The van der Waals surface area contributed by atoms with Crippen LogP contribution in [0.1, 0.15) is 24.5 Å². The summed E-state index contributed by atoms with van der Waals surface area (Å²) in [6.45, 7) is 5.51. The van der Waals surface area contributed by atoms with Crippen LogP contribution in [0.2, 0.25) is 0 Å². The molecule has 7 heteroatoms. The van der Waals surface area contributed by atoms with Crippen LogP contribution in [0.4, 0.5) is 0 Å². The van der Waals surface area contributed by atoms with Crippen molar-refractivity contribution in [2.75, 3.05) is 33.9 Å². The number of nitrogens with zero attached hydrogens (tertiary/aromatic N) is 1. The van der Waals surface area contributed by atoms with E-state index in [2.05, 4.69) is 22.5 Å². The molecule has 2 aromatic carbocycles. The maximum atomic E-state index is 5.74. The SMILES string of the molecule is CCNC(=NCc1ccccc1OC)NCCCOCc1ccc(OC)cc1.I. The number of rotatable bonds is 11. The summed E-state index contributed by atoms with van der Waals surface area (Å²) in [5.41, 5.74) is 2.20. The molecule has 0 saturated heterocycles. The molecule has 6 nitrogen and oxygen atoms in total. The summed E-state index contributed by atoms with van der Waals surface area (Å²) < 4.78 is 16.3. The second-order valence-corrected chi connectivity index (χ2v) is 6.19. The van der Waals surface area contributed by atoms with Crippen molar-refractivity contribution in [3.8, 4) is 11.5 Å². The van der Waals surface area contributed by atoms with Crippen molar-refractivity contribution in [2.45, 2.75) is 26.5 Å². The van der Waals surface area contributed by atoms with Crippen LogP contribution >= 0.6 is 24.0 Å². The van der Waals surface area contributed by atoms with Crippen LogP contribution < -0.4 is 20.1 Å². The van der Waals surface area contributed by atoms with Crippen molar-refractivity contribution in [3.05, 3.63) is 59.7 Å². The van der Waals surface area contributed by atoms with Gasteiger partial charge >= 0.3 is 0 Å². The van der Waals surface area contributed by atoms with E-state index >= 15 is 0 Å². The van der Waals surface area contributed by atoms with Gasteiger partial charge in [-0.05, 0) is 37.1 Å². The largest absolute Gasteiger partial charge is 0.497 e. The van der Waals surface area contributed by atoms with Gasteiger partial charge in [0.15, 0.2) is 5.96 Å². The standard InChI is InChI=1S/C22H31N3O3.HI/c1-4-23-22(25-16-19-8-5-6-9-21(19)27-3)24-14-7-15-28-17-18-10-12-20(26-2)13-11-18;/h5-6,8-13H,4,7,14-17H2,1-3H3,(H2,23,24,25);1H. The predicted molar refractivity (Wildman–Crippen MR) is 128 cm³/mol. The van der Waals surface area contributed by atoms with Gasteiger partial charge in [0.1, 0.15) is 11.5 Å². The molecule has 0 aliphatic carbocycles. The summed E-state index contributed by atoms with van der Waals surface area (Å²) in [7, 11) is 3.34. The van der Waals surface area contributed by atoms with E-state index in [1.807, 2.05) is 48.5 Å². The number of para-hydroxylation sites is 1. The summed E-state index contributed by atoms with van der Waals surface area (Å²) in [6.07, 6.45) is 0.898. The van der Waals surface area contributed by atoms with Crippen LogP contribution in [0.3, 0.4) is 0 Å². The molecule has 0 heterocycles. The second-order valence-electron chi connectivity index (χ2n) is 6.19. The van der Waals surface area contributed by atoms with Crippen molar-refractivity contribution < 1.29 is 14.2 Å². The molecule has 160 valence electrons. The maximum Gasteiger partial charge on any atom is 0.191 e. The number of ether oxygens (including phenoxy) is 3. The van der Waals surface area contributed by atoms with E-state index in [1.54, 1.807) is 14.2 Å². The Kier molecular flexibility index (Phi) is 12.9. The molecule has 0 unspecified atom stereocenters. The molecule has 0 radical (unpaired) electrons. The van der Waals surface area contributed by atoms with Gasteiger partial charge in [-0.25, -0.2) is 4.99 Å². The molecular formula is C22H32IN3O3. The van der Waals surface area contributed by atoms with Crippen LogP contribution in [0.15, 0.2) is 53.5 Å². The van der Waals surface area contributed by atoms with E-state index in [1.165, 1.54) is 0 Å². The average Bonchev–Trinajstić information content (AvgIpc) is 2.74. The summed E-state index contributed by atoms with van der Waals surface area (Å²) >= 11 is 0. The van der Waals surface area contributed by atoms with Crippen molar-refractivity contribution in [1.82, 2.24) is 10.6 Å². The topological polar surface area (TPSA) is 64.1 Å². The Labute approximate surface area is 191 Å². The first-order valence-corrected chi connectivity index (χ1v) is 9.61. The highest BCUT2D eigenvalue weighted by Crippen LogP contribution is 2.17. The molecular weight excluding hydrogens is 481 g/mol. The molecule has 2 rings (SSSR count).